The molecule has 0 fully saturated rings. The second-order valence-electron chi connectivity index (χ2n) is 5.73. The van der Waals surface area contributed by atoms with Crippen LogP contribution in [0.25, 0.3) is 0 Å². The molecule has 1 rings (SSSR count). The molecule has 0 aromatic carbocycles. The fourth-order valence-electron chi connectivity index (χ4n) is 1.75. The highest BCUT2D eigenvalue weighted by molar-refractivity contribution is 6.31. The summed E-state index contributed by atoms with van der Waals surface area (Å²) in [5.41, 5.74) is 0.913. The molecule has 0 aliphatic rings. The molecule has 3 nitrogen and oxygen atoms in total. The van der Waals surface area contributed by atoms with Crippen LogP contribution in [0.1, 0.15) is 40.3 Å². The maximum absolute atomic E-state index is 6.21. The molecule has 1 N–H and O–H groups in total. The van der Waals surface area contributed by atoms with Gasteiger partial charge in [-0.15, -0.1) is 0 Å². The third-order valence-corrected chi connectivity index (χ3v) is 3.86. The van der Waals surface area contributed by atoms with E-state index in [2.05, 4.69) is 56.9 Å². The van der Waals surface area contributed by atoms with Crippen molar-refractivity contribution in [2.45, 2.75) is 53.2 Å². The van der Waals surface area contributed by atoms with E-state index < -0.39 is 0 Å². The highest BCUT2D eigenvalue weighted by Gasteiger charge is 2.15. The third kappa shape index (κ3) is 4.66. The van der Waals surface area contributed by atoms with Crippen molar-refractivity contribution in [2.24, 2.45) is 5.92 Å². The molecule has 1 atom stereocenters. The summed E-state index contributed by atoms with van der Waals surface area (Å²) >= 11 is 6.21. The zero-order chi connectivity index (χ0) is 14.6. The molecule has 0 amide bonds. The van der Waals surface area contributed by atoms with Crippen molar-refractivity contribution in [3.63, 3.8) is 0 Å². The average molecular weight is 284 g/mol. The van der Waals surface area contributed by atoms with Gasteiger partial charge in [0.1, 0.15) is 5.82 Å². The number of hydrogen-bond donors (Lipinski definition) is 1. The summed E-state index contributed by atoms with van der Waals surface area (Å²) in [5.74, 6) is 1.56. The van der Waals surface area contributed by atoms with Crippen molar-refractivity contribution >= 4 is 17.4 Å². The lowest BCUT2D eigenvalue weighted by Gasteiger charge is -2.29. The van der Waals surface area contributed by atoms with Gasteiger partial charge < -0.3 is 10.2 Å². The van der Waals surface area contributed by atoms with E-state index in [1.165, 1.54) is 0 Å². The molecule has 1 aromatic heterocycles. The number of pyridine rings is 1. The molecular weight excluding hydrogens is 258 g/mol. The standard InChI is InChI=1S/C15H26ClN3/c1-10(2)12(5)19(6)15-8-7-13(16)14(18-15)9-17-11(3)4/h7-8,10-12,17H,9H2,1-6H3. The van der Waals surface area contributed by atoms with Crippen molar-refractivity contribution in [3.8, 4) is 0 Å². The minimum atomic E-state index is 0.425. The van der Waals surface area contributed by atoms with Gasteiger partial charge in [0.25, 0.3) is 0 Å². The maximum atomic E-state index is 6.21. The lowest BCUT2D eigenvalue weighted by Crippen LogP contribution is -2.34. The first-order valence-electron chi connectivity index (χ1n) is 6.94. The maximum Gasteiger partial charge on any atom is 0.128 e. The molecule has 0 aliphatic carbocycles. The van der Waals surface area contributed by atoms with Crippen LogP contribution < -0.4 is 10.2 Å². The number of nitrogens with zero attached hydrogens (tertiary/aromatic N) is 2. The van der Waals surface area contributed by atoms with Crippen LogP contribution in [0.3, 0.4) is 0 Å². The smallest absolute Gasteiger partial charge is 0.128 e. The van der Waals surface area contributed by atoms with Gasteiger partial charge in [-0.05, 0) is 25.0 Å². The Hall–Kier alpha value is -0.800. The van der Waals surface area contributed by atoms with Crippen LogP contribution in [0, 0.1) is 5.92 Å². The van der Waals surface area contributed by atoms with E-state index in [1.54, 1.807) is 0 Å². The van der Waals surface area contributed by atoms with Gasteiger partial charge in [-0.3, -0.25) is 0 Å². The predicted molar refractivity (Wildman–Crippen MR) is 83.9 cm³/mol. The molecule has 0 saturated carbocycles. The summed E-state index contributed by atoms with van der Waals surface area (Å²) in [6.07, 6.45) is 0. The van der Waals surface area contributed by atoms with Crippen LogP contribution in [0.4, 0.5) is 5.82 Å². The first kappa shape index (κ1) is 16.3. The van der Waals surface area contributed by atoms with Gasteiger partial charge in [-0.25, -0.2) is 4.98 Å². The van der Waals surface area contributed by atoms with E-state index in [4.69, 9.17) is 11.6 Å². The van der Waals surface area contributed by atoms with Crippen molar-refractivity contribution in [1.29, 1.82) is 0 Å². The monoisotopic (exact) mass is 283 g/mol. The second-order valence-corrected chi connectivity index (χ2v) is 6.14. The Bertz CT molecular complexity index is 404. The zero-order valence-electron chi connectivity index (χ0n) is 12.9. The first-order chi connectivity index (χ1) is 8.82. The molecular formula is C15H26ClN3. The van der Waals surface area contributed by atoms with Crippen LogP contribution in [0.15, 0.2) is 12.1 Å². The van der Waals surface area contributed by atoms with E-state index in [9.17, 15) is 0 Å². The molecule has 0 aliphatic heterocycles. The normalized spacial score (nSPS) is 13.1. The Balaban J connectivity index is 2.88. The summed E-state index contributed by atoms with van der Waals surface area (Å²) in [4.78, 5) is 6.89. The van der Waals surface area contributed by atoms with Crippen molar-refractivity contribution in [2.75, 3.05) is 11.9 Å². The van der Waals surface area contributed by atoms with E-state index in [0.29, 0.717) is 24.5 Å². The van der Waals surface area contributed by atoms with Crippen LogP contribution in [-0.4, -0.2) is 24.1 Å². The molecule has 1 unspecified atom stereocenters. The van der Waals surface area contributed by atoms with Crippen LogP contribution in [0.2, 0.25) is 5.02 Å². The summed E-state index contributed by atoms with van der Waals surface area (Å²) < 4.78 is 0. The molecule has 108 valence electrons. The number of halogens is 1. The van der Waals surface area contributed by atoms with Crippen LogP contribution in [0.5, 0.6) is 0 Å². The van der Waals surface area contributed by atoms with E-state index >= 15 is 0 Å². The first-order valence-corrected chi connectivity index (χ1v) is 7.32. The van der Waals surface area contributed by atoms with Crippen LogP contribution in [-0.2, 0) is 6.54 Å². The molecule has 0 saturated heterocycles. The Morgan fingerprint density at radius 3 is 2.37 bits per heavy atom. The van der Waals surface area contributed by atoms with E-state index in [1.807, 2.05) is 12.1 Å². The van der Waals surface area contributed by atoms with Gasteiger partial charge in [0.2, 0.25) is 0 Å². The van der Waals surface area contributed by atoms with E-state index in [0.717, 1.165) is 16.5 Å². The largest absolute Gasteiger partial charge is 0.357 e. The van der Waals surface area contributed by atoms with Gasteiger partial charge in [-0.2, -0.15) is 0 Å². The predicted octanol–water partition coefficient (Wildman–Crippen LogP) is 3.71. The topological polar surface area (TPSA) is 28.2 Å². The fourth-order valence-corrected chi connectivity index (χ4v) is 1.92. The number of rotatable bonds is 6. The zero-order valence-corrected chi connectivity index (χ0v) is 13.6. The molecule has 1 heterocycles. The number of aromatic nitrogens is 1. The summed E-state index contributed by atoms with van der Waals surface area (Å²) in [7, 11) is 2.08. The Labute approximate surface area is 122 Å². The summed E-state index contributed by atoms with van der Waals surface area (Å²) in [6, 6.07) is 4.79. The van der Waals surface area contributed by atoms with Gasteiger partial charge in [0.05, 0.1) is 10.7 Å². The van der Waals surface area contributed by atoms with Crippen molar-refractivity contribution in [3.05, 3.63) is 22.8 Å². The third-order valence-electron chi connectivity index (χ3n) is 3.52. The SMILES string of the molecule is CC(C)NCc1nc(N(C)C(C)C(C)C)ccc1Cl. The Morgan fingerprint density at radius 2 is 1.84 bits per heavy atom. The molecule has 4 heteroatoms. The van der Waals surface area contributed by atoms with Gasteiger partial charge in [-0.1, -0.05) is 39.3 Å². The number of anilines is 1. The van der Waals surface area contributed by atoms with Crippen molar-refractivity contribution in [1.82, 2.24) is 10.3 Å². The van der Waals surface area contributed by atoms with Crippen LogP contribution >= 0.6 is 11.6 Å². The molecule has 0 bridgehead atoms. The number of hydrogen-bond acceptors (Lipinski definition) is 3. The molecule has 19 heavy (non-hydrogen) atoms. The Kier molecular flexibility index (Phi) is 6.08. The highest BCUT2D eigenvalue weighted by atomic mass is 35.5. The van der Waals surface area contributed by atoms with Crippen molar-refractivity contribution < 1.29 is 0 Å². The molecule has 1 aromatic rings. The molecule has 0 spiro atoms. The lowest BCUT2D eigenvalue weighted by molar-refractivity contribution is 0.501. The summed E-state index contributed by atoms with van der Waals surface area (Å²) in [5, 5.41) is 4.08. The summed E-state index contributed by atoms with van der Waals surface area (Å²) in [6.45, 7) is 11.6. The minimum absolute atomic E-state index is 0.425. The fraction of sp³-hybridized carbons (Fsp3) is 0.667. The second kappa shape index (κ2) is 7.11. The van der Waals surface area contributed by atoms with Gasteiger partial charge in [0, 0.05) is 25.7 Å². The average Bonchev–Trinajstić information content (AvgIpc) is 2.35. The quantitative estimate of drug-likeness (QED) is 0.863. The highest BCUT2D eigenvalue weighted by Crippen LogP contribution is 2.21. The molecule has 0 radical (unpaired) electrons. The van der Waals surface area contributed by atoms with Gasteiger partial charge >= 0.3 is 0 Å². The lowest BCUT2D eigenvalue weighted by atomic mass is 10.1. The Morgan fingerprint density at radius 1 is 1.21 bits per heavy atom. The van der Waals surface area contributed by atoms with Gasteiger partial charge in [0.15, 0.2) is 0 Å². The minimum Gasteiger partial charge on any atom is -0.357 e. The van der Waals surface area contributed by atoms with E-state index in [-0.39, 0.29) is 0 Å². The number of nitrogens with one attached hydrogen (secondary N) is 1.